The summed E-state index contributed by atoms with van der Waals surface area (Å²) in [6, 6.07) is 6.80. The van der Waals surface area contributed by atoms with Crippen molar-refractivity contribution >= 4 is 5.69 Å². The van der Waals surface area contributed by atoms with Crippen molar-refractivity contribution in [2.75, 3.05) is 11.9 Å². The second-order valence-electron chi connectivity index (χ2n) is 3.42. The van der Waals surface area contributed by atoms with Crippen LogP contribution < -0.4 is 5.32 Å². The fourth-order valence-corrected chi connectivity index (χ4v) is 1.80. The first-order chi connectivity index (χ1) is 5.90. The maximum atomic E-state index is 3.37. The van der Waals surface area contributed by atoms with E-state index in [0.717, 1.165) is 6.54 Å². The number of hydrogen-bond acceptors (Lipinski definition) is 1. The molecule has 1 aliphatic rings. The van der Waals surface area contributed by atoms with Gasteiger partial charge in [0.25, 0.3) is 0 Å². The van der Waals surface area contributed by atoms with Gasteiger partial charge >= 0.3 is 0 Å². The number of benzene rings is 1. The third-order valence-corrected chi connectivity index (χ3v) is 2.42. The number of rotatable bonds is 2. The van der Waals surface area contributed by atoms with Crippen LogP contribution in [0.4, 0.5) is 5.69 Å². The highest BCUT2D eigenvalue weighted by molar-refractivity contribution is 5.56. The Morgan fingerprint density at radius 3 is 3.17 bits per heavy atom. The lowest BCUT2D eigenvalue weighted by atomic mass is 10.1. The summed E-state index contributed by atoms with van der Waals surface area (Å²) in [7, 11) is 0. The molecule has 0 radical (unpaired) electrons. The smallest absolute Gasteiger partial charge is 0.0373 e. The lowest BCUT2D eigenvalue weighted by Crippen LogP contribution is -1.90. The Balaban J connectivity index is 2.26. The first-order valence-electron chi connectivity index (χ1n) is 4.76. The van der Waals surface area contributed by atoms with Crippen molar-refractivity contribution in [3.05, 3.63) is 29.3 Å². The van der Waals surface area contributed by atoms with Crippen molar-refractivity contribution in [1.29, 1.82) is 0 Å². The Morgan fingerprint density at radius 1 is 1.42 bits per heavy atom. The Morgan fingerprint density at radius 2 is 2.33 bits per heavy atom. The van der Waals surface area contributed by atoms with Gasteiger partial charge in [-0.05, 0) is 30.0 Å². The molecule has 0 saturated heterocycles. The van der Waals surface area contributed by atoms with Crippen LogP contribution in [0.15, 0.2) is 18.2 Å². The van der Waals surface area contributed by atoms with Crippen LogP contribution in [0.25, 0.3) is 0 Å². The first kappa shape index (κ1) is 7.66. The average Bonchev–Trinajstić information content (AvgIpc) is 2.51. The molecule has 0 unspecified atom stereocenters. The fraction of sp³-hybridized carbons (Fsp3) is 0.455. The SMILES string of the molecule is CCCc1ccc2c(c1)CCN2. The van der Waals surface area contributed by atoms with Gasteiger partial charge in [-0.3, -0.25) is 0 Å². The molecular formula is C11H15N. The summed E-state index contributed by atoms with van der Waals surface area (Å²) in [5.74, 6) is 0. The number of aryl methyl sites for hydroxylation is 1. The van der Waals surface area contributed by atoms with Crippen molar-refractivity contribution in [3.63, 3.8) is 0 Å². The molecule has 0 atom stereocenters. The molecule has 1 heteroatoms. The van der Waals surface area contributed by atoms with E-state index in [1.807, 2.05) is 0 Å². The largest absolute Gasteiger partial charge is 0.384 e. The monoisotopic (exact) mass is 161 g/mol. The van der Waals surface area contributed by atoms with Gasteiger partial charge in [-0.2, -0.15) is 0 Å². The summed E-state index contributed by atoms with van der Waals surface area (Å²) in [4.78, 5) is 0. The first-order valence-corrected chi connectivity index (χ1v) is 4.76. The third kappa shape index (κ3) is 1.31. The van der Waals surface area contributed by atoms with Crippen LogP contribution in [-0.4, -0.2) is 6.54 Å². The number of hydrogen-bond donors (Lipinski definition) is 1. The van der Waals surface area contributed by atoms with Gasteiger partial charge in [0.05, 0.1) is 0 Å². The number of anilines is 1. The van der Waals surface area contributed by atoms with Crippen LogP contribution in [0.5, 0.6) is 0 Å². The van der Waals surface area contributed by atoms with Gasteiger partial charge in [0.2, 0.25) is 0 Å². The second-order valence-corrected chi connectivity index (χ2v) is 3.42. The van der Waals surface area contributed by atoms with E-state index in [2.05, 4.69) is 30.4 Å². The lowest BCUT2D eigenvalue weighted by molar-refractivity contribution is 0.919. The molecule has 1 aliphatic heterocycles. The summed E-state index contributed by atoms with van der Waals surface area (Å²) in [5.41, 5.74) is 4.33. The van der Waals surface area contributed by atoms with Crippen molar-refractivity contribution in [3.8, 4) is 0 Å². The summed E-state index contributed by atoms with van der Waals surface area (Å²) in [6.45, 7) is 3.34. The molecule has 0 amide bonds. The highest BCUT2D eigenvalue weighted by atomic mass is 14.9. The minimum atomic E-state index is 1.12. The predicted molar refractivity (Wildman–Crippen MR) is 52.6 cm³/mol. The zero-order valence-electron chi connectivity index (χ0n) is 7.56. The van der Waals surface area contributed by atoms with Crippen LogP contribution in [0, 0.1) is 0 Å². The second kappa shape index (κ2) is 3.18. The van der Waals surface area contributed by atoms with Gasteiger partial charge in [-0.15, -0.1) is 0 Å². The van der Waals surface area contributed by atoms with Crippen LogP contribution in [0.3, 0.4) is 0 Å². The maximum Gasteiger partial charge on any atom is 0.0373 e. The molecular weight excluding hydrogens is 146 g/mol. The van der Waals surface area contributed by atoms with E-state index in [0.29, 0.717) is 0 Å². The van der Waals surface area contributed by atoms with Gasteiger partial charge in [0.1, 0.15) is 0 Å². The summed E-state index contributed by atoms with van der Waals surface area (Å²) in [5, 5.41) is 3.37. The molecule has 0 spiro atoms. The van der Waals surface area contributed by atoms with Crippen molar-refractivity contribution in [2.24, 2.45) is 0 Å². The highest BCUT2D eigenvalue weighted by Crippen LogP contribution is 2.23. The van der Waals surface area contributed by atoms with Gasteiger partial charge in [-0.1, -0.05) is 25.5 Å². The van der Waals surface area contributed by atoms with Crippen LogP contribution in [-0.2, 0) is 12.8 Å². The fourth-order valence-electron chi connectivity index (χ4n) is 1.80. The normalized spacial score (nSPS) is 14.1. The van der Waals surface area contributed by atoms with Crippen LogP contribution in [0.1, 0.15) is 24.5 Å². The number of fused-ring (bicyclic) bond motifs is 1. The Hall–Kier alpha value is -0.980. The van der Waals surface area contributed by atoms with Gasteiger partial charge in [-0.25, -0.2) is 0 Å². The molecule has 0 aromatic heterocycles. The molecule has 1 aromatic rings. The zero-order valence-corrected chi connectivity index (χ0v) is 7.56. The van der Waals surface area contributed by atoms with E-state index >= 15 is 0 Å². The molecule has 0 fully saturated rings. The van der Waals surface area contributed by atoms with E-state index in [1.165, 1.54) is 36.1 Å². The Kier molecular flexibility index (Phi) is 2.03. The van der Waals surface area contributed by atoms with E-state index in [-0.39, 0.29) is 0 Å². The van der Waals surface area contributed by atoms with Crippen LogP contribution >= 0.6 is 0 Å². The van der Waals surface area contributed by atoms with E-state index < -0.39 is 0 Å². The van der Waals surface area contributed by atoms with Crippen LogP contribution in [0.2, 0.25) is 0 Å². The number of nitrogens with one attached hydrogen (secondary N) is 1. The summed E-state index contributed by atoms with van der Waals surface area (Å²) in [6.07, 6.45) is 3.66. The summed E-state index contributed by atoms with van der Waals surface area (Å²) >= 11 is 0. The van der Waals surface area contributed by atoms with E-state index in [1.54, 1.807) is 0 Å². The Labute approximate surface area is 73.8 Å². The molecule has 1 aromatic carbocycles. The minimum absolute atomic E-state index is 1.12. The average molecular weight is 161 g/mol. The minimum Gasteiger partial charge on any atom is -0.384 e. The molecule has 64 valence electrons. The topological polar surface area (TPSA) is 12.0 Å². The van der Waals surface area contributed by atoms with Crippen molar-refractivity contribution in [2.45, 2.75) is 26.2 Å². The molecule has 1 N–H and O–H groups in total. The third-order valence-electron chi connectivity index (χ3n) is 2.42. The Bertz CT molecular complexity index is 278. The quantitative estimate of drug-likeness (QED) is 0.703. The summed E-state index contributed by atoms with van der Waals surface area (Å²) < 4.78 is 0. The van der Waals surface area contributed by atoms with Gasteiger partial charge in [0, 0.05) is 12.2 Å². The van der Waals surface area contributed by atoms with E-state index in [4.69, 9.17) is 0 Å². The molecule has 0 saturated carbocycles. The maximum absolute atomic E-state index is 3.37. The lowest BCUT2D eigenvalue weighted by Gasteiger charge is -2.02. The molecule has 1 heterocycles. The molecule has 0 aliphatic carbocycles. The van der Waals surface area contributed by atoms with E-state index in [9.17, 15) is 0 Å². The highest BCUT2D eigenvalue weighted by Gasteiger charge is 2.08. The zero-order chi connectivity index (χ0) is 8.39. The standard InChI is InChI=1S/C11H15N/c1-2-3-9-4-5-11-10(8-9)6-7-12-11/h4-5,8,12H,2-3,6-7H2,1H3. The molecule has 12 heavy (non-hydrogen) atoms. The molecule has 0 bridgehead atoms. The van der Waals surface area contributed by atoms with Crippen molar-refractivity contribution < 1.29 is 0 Å². The molecule has 1 nitrogen and oxygen atoms in total. The molecule has 2 rings (SSSR count). The van der Waals surface area contributed by atoms with Gasteiger partial charge in [0.15, 0.2) is 0 Å². The van der Waals surface area contributed by atoms with Gasteiger partial charge < -0.3 is 5.32 Å². The van der Waals surface area contributed by atoms with Crippen molar-refractivity contribution in [1.82, 2.24) is 0 Å². The predicted octanol–water partition coefficient (Wildman–Crippen LogP) is 2.61.